The molecule has 0 spiro atoms. The van der Waals surface area contributed by atoms with Crippen LogP contribution in [0.4, 0.5) is 0 Å². The van der Waals surface area contributed by atoms with Gasteiger partial charge in [0, 0.05) is 5.70 Å². The summed E-state index contributed by atoms with van der Waals surface area (Å²) < 4.78 is 0. The minimum atomic E-state index is 0.857. The fourth-order valence-corrected chi connectivity index (χ4v) is 1.24. The van der Waals surface area contributed by atoms with E-state index in [1.54, 1.807) is 0 Å². The molecule has 0 bridgehead atoms. The second kappa shape index (κ2) is 3.96. The summed E-state index contributed by atoms with van der Waals surface area (Å²) in [7, 11) is 0. The maximum atomic E-state index is 5.61. The van der Waals surface area contributed by atoms with E-state index in [0.29, 0.717) is 0 Å². The Kier molecular flexibility index (Phi) is 2.92. The van der Waals surface area contributed by atoms with E-state index in [0.717, 1.165) is 12.1 Å². The van der Waals surface area contributed by atoms with Crippen LogP contribution in [0.25, 0.3) is 6.08 Å². The normalized spacial score (nSPS) is 11.7. The van der Waals surface area contributed by atoms with E-state index >= 15 is 0 Å². The van der Waals surface area contributed by atoms with E-state index < -0.39 is 0 Å². The molecule has 1 rings (SSSR count). The van der Waals surface area contributed by atoms with Gasteiger partial charge in [0.05, 0.1) is 0 Å². The quantitative estimate of drug-likeness (QED) is 0.708. The minimum absolute atomic E-state index is 0.857. The second-order valence-corrected chi connectivity index (χ2v) is 2.94. The van der Waals surface area contributed by atoms with Gasteiger partial charge >= 0.3 is 0 Å². The van der Waals surface area contributed by atoms with E-state index in [1.165, 1.54) is 11.1 Å². The zero-order valence-corrected chi connectivity index (χ0v) is 7.67. The van der Waals surface area contributed by atoms with E-state index in [9.17, 15) is 0 Å². The molecule has 0 heterocycles. The highest BCUT2D eigenvalue weighted by Crippen LogP contribution is 2.11. The average molecular weight is 161 g/mol. The molecule has 0 aliphatic heterocycles. The highest BCUT2D eigenvalue weighted by atomic mass is 14.5. The number of benzene rings is 1. The number of aryl methyl sites for hydroxylation is 1. The molecule has 0 amide bonds. The Balaban J connectivity index is 3.05. The Morgan fingerprint density at radius 3 is 2.67 bits per heavy atom. The van der Waals surface area contributed by atoms with Gasteiger partial charge in [0.2, 0.25) is 0 Å². The van der Waals surface area contributed by atoms with Crippen LogP contribution in [0.5, 0.6) is 0 Å². The lowest BCUT2D eigenvalue weighted by molar-refractivity contribution is 1.13. The smallest absolute Gasteiger partial charge is 0.00549 e. The second-order valence-electron chi connectivity index (χ2n) is 2.94. The van der Waals surface area contributed by atoms with Gasteiger partial charge < -0.3 is 5.73 Å². The van der Waals surface area contributed by atoms with Gasteiger partial charge in [-0.25, -0.2) is 0 Å². The van der Waals surface area contributed by atoms with E-state index in [-0.39, 0.29) is 0 Å². The fourth-order valence-electron chi connectivity index (χ4n) is 1.24. The fraction of sp³-hybridized carbons (Fsp3) is 0.273. The van der Waals surface area contributed by atoms with Crippen LogP contribution in [0.2, 0.25) is 0 Å². The van der Waals surface area contributed by atoms with E-state index in [2.05, 4.69) is 25.1 Å². The maximum Gasteiger partial charge on any atom is 0.00549 e. The first-order chi connectivity index (χ1) is 5.74. The summed E-state index contributed by atoms with van der Waals surface area (Å²) in [5.41, 5.74) is 9.05. The van der Waals surface area contributed by atoms with Gasteiger partial charge in [0.25, 0.3) is 0 Å². The van der Waals surface area contributed by atoms with Gasteiger partial charge in [-0.15, -0.1) is 0 Å². The summed E-state index contributed by atoms with van der Waals surface area (Å²) in [5.74, 6) is 0. The van der Waals surface area contributed by atoms with Crippen LogP contribution in [0.15, 0.2) is 30.0 Å². The molecule has 2 N–H and O–H groups in total. The Morgan fingerprint density at radius 1 is 1.42 bits per heavy atom. The van der Waals surface area contributed by atoms with Crippen LogP contribution in [0.1, 0.15) is 25.0 Å². The molecule has 0 radical (unpaired) electrons. The molecule has 0 saturated heterocycles. The summed E-state index contributed by atoms with van der Waals surface area (Å²) in [6, 6.07) is 8.32. The lowest BCUT2D eigenvalue weighted by atomic mass is 10.0. The molecular formula is C11H15N. The van der Waals surface area contributed by atoms with Gasteiger partial charge in [-0.05, 0) is 30.5 Å². The topological polar surface area (TPSA) is 26.0 Å². The summed E-state index contributed by atoms with van der Waals surface area (Å²) in [5, 5.41) is 0. The Bertz CT molecular complexity index is 283. The van der Waals surface area contributed by atoms with Crippen molar-refractivity contribution in [2.45, 2.75) is 20.3 Å². The van der Waals surface area contributed by atoms with Gasteiger partial charge in [-0.2, -0.15) is 0 Å². The third-order valence-corrected chi connectivity index (χ3v) is 1.82. The zero-order valence-electron chi connectivity index (χ0n) is 7.67. The monoisotopic (exact) mass is 161 g/mol. The van der Waals surface area contributed by atoms with Crippen molar-refractivity contribution in [2.24, 2.45) is 5.73 Å². The summed E-state index contributed by atoms with van der Waals surface area (Å²) in [6.45, 7) is 4.06. The van der Waals surface area contributed by atoms with Crippen LogP contribution in [0.3, 0.4) is 0 Å². The van der Waals surface area contributed by atoms with Crippen molar-refractivity contribution in [1.29, 1.82) is 0 Å². The Labute approximate surface area is 73.9 Å². The molecule has 0 fully saturated rings. The first-order valence-corrected chi connectivity index (χ1v) is 4.25. The number of hydrogen-bond donors (Lipinski definition) is 1. The molecule has 1 nitrogen and oxygen atoms in total. The van der Waals surface area contributed by atoms with Crippen LogP contribution in [-0.4, -0.2) is 0 Å². The Morgan fingerprint density at radius 2 is 2.08 bits per heavy atom. The number of rotatable bonds is 2. The number of nitrogens with two attached hydrogens (primary N) is 1. The molecule has 0 aromatic heterocycles. The summed E-state index contributed by atoms with van der Waals surface area (Å²) in [6.07, 6.45) is 3.07. The van der Waals surface area contributed by atoms with Gasteiger partial charge in [0.15, 0.2) is 0 Å². The SMILES string of the molecule is CCc1ccccc1/C=C(/C)N. The van der Waals surface area contributed by atoms with Gasteiger partial charge in [-0.1, -0.05) is 31.2 Å². The van der Waals surface area contributed by atoms with Crippen molar-refractivity contribution in [3.8, 4) is 0 Å². The minimum Gasteiger partial charge on any atom is -0.402 e. The van der Waals surface area contributed by atoms with Crippen molar-refractivity contribution < 1.29 is 0 Å². The van der Waals surface area contributed by atoms with E-state index in [1.807, 2.05) is 19.1 Å². The average Bonchev–Trinajstić information content (AvgIpc) is 2.04. The molecule has 1 heteroatoms. The van der Waals surface area contributed by atoms with Crippen molar-refractivity contribution in [2.75, 3.05) is 0 Å². The lowest BCUT2D eigenvalue weighted by Gasteiger charge is -2.02. The Hall–Kier alpha value is -1.24. The van der Waals surface area contributed by atoms with Crippen molar-refractivity contribution in [1.82, 2.24) is 0 Å². The van der Waals surface area contributed by atoms with Crippen LogP contribution < -0.4 is 5.73 Å². The molecule has 12 heavy (non-hydrogen) atoms. The number of hydrogen-bond acceptors (Lipinski definition) is 1. The standard InChI is InChI=1S/C11H15N/c1-3-10-6-4-5-7-11(10)8-9(2)12/h4-8H,3,12H2,1-2H3/b9-8-. The molecular weight excluding hydrogens is 146 g/mol. The molecule has 1 aromatic carbocycles. The predicted octanol–water partition coefficient (Wildman–Crippen LogP) is 2.57. The summed E-state index contributed by atoms with van der Waals surface area (Å²) in [4.78, 5) is 0. The van der Waals surface area contributed by atoms with Crippen molar-refractivity contribution in [3.05, 3.63) is 41.1 Å². The number of allylic oxidation sites excluding steroid dienone is 1. The molecule has 0 aliphatic rings. The predicted molar refractivity (Wildman–Crippen MR) is 53.7 cm³/mol. The molecule has 0 atom stereocenters. The van der Waals surface area contributed by atoms with E-state index in [4.69, 9.17) is 5.73 Å². The highest BCUT2D eigenvalue weighted by Gasteiger charge is 1.94. The molecule has 1 aromatic rings. The van der Waals surface area contributed by atoms with Crippen LogP contribution in [-0.2, 0) is 6.42 Å². The zero-order chi connectivity index (χ0) is 8.97. The molecule has 64 valence electrons. The first-order valence-electron chi connectivity index (χ1n) is 4.25. The van der Waals surface area contributed by atoms with Gasteiger partial charge in [0.1, 0.15) is 0 Å². The first kappa shape index (κ1) is 8.85. The summed E-state index contributed by atoms with van der Waals surface area (Å²) >= 11 is 0. The van der Waals surface area contributed by atoms with Crippen LogP contribution in [0, 0.1) is 0 Å². The molecule has 0 saturated carbocycles. The highest BCUT2D eigenvalue weighted by molar-refractivity contribution is 5.55. The third-order valence-electron chi connectivity index (χ3n) is 1.82. The van der Waals surface area contributed by atoms with Crippen LogP contribution >= 0.6 is 0 Å². The van der Waals surface area contributed by atoms with Gasteiger partial charge in [-0.3, -0.25) is 0 Å². The maximum absolute atomic E-state index is 5.61. The third kappa shape index (κ3) is 2.12. The molecule has 0 aliphatic carbocycles. The van der Waals surface area contributed by atoms with Crippen molar-refractivity contribution in [3.63, 3.8) is 0 Å². The molecule has 0 unspecified atom stereocenters. The lowest BCUT2D eigenvalue weighted by Crippen LogP contribution is -1.92. The van der Waals surface area contributed by atoms with Crippen molar-refractivity contribution >= 4 is 6.08 Å². The largest absolute Gasteiger partial charge is 0.402 e.